The predicted molar refractivity (Wildman–Crippen MR) is 90.7 cm³/mol. The molecule has 8 heteroatoms. The first-order valence-corrected chi connectivity index (χ1v) is 9.89. The molecule has 2 N–H and O–H groups in total. The predicted octanol–water partition coefficient (Wildman–Crippen LogP) is 0.161. The molecule has 1 aliphatic rings. The summed E-state index contributed by atoms with van der Waals surface area (Å²) < 4.78 is 23.9. The topological polar surface area (TPSA) is 99.6 Å². The van der Waals surface area contributed by atoms with E-state index in [0.717, 1.165) is 16.3 Å². The van der Waals surface area contributed by atoms with Crippen LogP contribution in [0.3, 0.4) is 0 Å². The molecule has 134 valence electrons. The van der Waals surface area contributed by atoms with E-state index in [1.807, 2.05) is 18.2 Å². The molecular weight excluding hydrogens is 330 g/mol. The van der Waals surface area contributed by atoms with Gasteiger partial charge in [-0.1, -0.05) is 6.07 Å². The molecule has 0 bridgehead atoms. The lowest BCUT2D eigenvalue weighted by molar-refractivity contribution is -0.123. The summed E-state index contributed by atoms with van der Waals surface area (Å²) in [5.74, 6) is 0.0337. The third kappa shape index (κ3) is 5.54. The highest BCUT2D eigenvalue weighted by Gasteiger charge is 2.35. The number of carbonyl (C=O) groups excluding carboxylic acids is 1. The Morgan fingerprint density at radius 1 is 1.46 bits per heavy atom. The van der Waals surface area contributed by atoms with E-state index in [4.69, 9.17) is 0 Å². The van der Waals surface area contributed by atoms with Gasteiger partial charge in [-0.05, 0) is 30.9 Å². The Balaban J connectivity index is 1.91. The summed E-state index contributed by atoms with van der Waals surface area (Å²) in [5.41, 5.74) is 0.887. The number of aliphatic hydroxyl groups is 1. The quantitative estimate of drug-likeness (QED) is 0.692. The van der Waals surface area contributed by atoms with Crippen LogP contribution in [0, 0.1) is 5.92 Å². The molecule has 0 aromatic carbocycles. The first kappa shape index (κ1) is 18.8. The Morgan fingerprint density at radius 3 is 2.71 bits per heavy atom. The first-order valence-electron chi connectivity index (χ1n) is 8.04. The van der Waals surface area contributed by atoms with Gasteiger partial charge in [-0.15, -0.1) is 0 Å². The molecular formula is C16H25N3O4S. The molecule has 1 heterocycles. The molecule has 0 saturated heterocycles. The molecule has 0 unspecified atom stereocenters. The summed E-state index contributed by atoms with van der Waals surface area (Å²) in [5, 5.41) is 12.5. The summed E-state index contributed by atoms with van der Waals surface area (Å²) in [6.45, 7) is 0.147. The van der Waals surface area contributed by atoms with Gasteiger partial charge in [-0.25, -0.2) is 12.7 Å². The van der Waals surface area contributed by atoms with Gasteiger partial charge in [0.15, 0.2) is 0 Å². The number of pyridine rings is 1. The summed E-state index contributed by atoms with van der Waals surface area (Å²) in [6.07, 6.45) is 4.58. The van der Waals surface area contributed by atoms with E-state index in [2.05, 4.69) is 10.3 Å². The van der Waals surface area contributed by atoms with Gasteiger partial charge in [0.2, 0.25) is 15.9 Å². The summed E-state index contributed by atoms with van der Waals surface area (Å²) in [6, 6.07) is 5.55. The van der Waals surface area contributed by atoms with E-state index >= 15 is 0 Å². The van der Waals surface area contributed by atoms with Gasteiger partial charge in [-0.3, -0.25) is 9.78 Å². The number of aliphatic hydroxyl groups excluding tert-OH is 1. The van der Waals surface area contributed by atoms with Gasteiger partial charge < -0.3 is 10.4 Å². The molecule has 1 aromatic rings. The number of rotatable bonds is 8. The van der Waals surface area contributed by atoms with Crippen molar-refractivity contribution in [2.75, 3.05) is 19.8 Å². The monoisotopic (exact) mass is 355 g/mol. The number of nitrogens with one attached hydrogen (secondary N) is 1. The maximum absolute atomic E-state index is 12.2. The average Bonchev–Trinajstić information content (AvgIpc) is 2.49. The Bertz CT molecular complexity index is 645. The minimum atomic E-state index is -3.28. The number of nitrogens with zero attached hydrogens (tertiary/aromatic N) is 2. The Kier molecular flexibility index (Phi) is 6.31. The molecule has 2 rings (SSSR count). The van der Waals surface area contributed by atoms with Gasteiger partial charge in [0.1, 0.15) is 0 Å². The fraction of sp³-hybridized carbons (Fsp3) is 0.625. The third-order valence-electron chi connectivity index (χ3n) is 4.44. The van der Waals surface area contributed by atoms with Crippen LogP contribution >= 0.6 is 0 Å². The lowest BCUT2D eigenvalue weighted by Crippen LogP contribution is -2.48. The van der Waals surface area contributed by atoms with E-state index in [1.165, 1.54) is 7.05 Å². The highest BCUT2D eigenvalue weighted by atomic mass is 32.2. The van der Waals surface area contributed by atoms with Gasteiger partial charge in [0.05, 0.1) is 12.4 Å². The largest absolute Gasteiger partial charge is 0.393 e. The van der Waals surface area contributed by atoms with Gasteiger partial charge >= 0.3 is 0 Å². The Labute approximate surface area is 143 Å². The van der Waals surface area contributed by atoms with Crippen LogP contribution in [0.2, 0.25) is 0 Å². The van der Waals surface area contributed by atoms with Crippen molar-refractivity contribution >= 4 is 15.9 Å². The molecule has 0 radical (unpaired) electrons. The number of aromatic nitrogens is 1. The molecule has 0 spiro atoms. The van der Waals surface area contributed by atoms with Crippen LogP contribution in [0.5, 0.6) is 0 Å². The number of carbonyl (C=O) groups is 1. The standard InChI is InChI=1S/C16H25N3O4S/c1-19(24(2,22)23)8-6-16(21)18-15(12-9-14(20)10-12)11-13-5-3-4-7-17-13/h3-5,7,12,14-15,20H,6,8-11H2,1-2H3,(H,18,21)/t12?,14?,15-/m1/s1. The SMILES string of the molecule is CN(CCC(=O)N[C@H](Cc1ccccn1)C1CC(O)C1)S(C)(=O)=O. The minimum Gasteiger partial charge on any atom is -0.393 e. The molecule has 1 amide bonds. The van der Waals surface area contributed by atoms with Crippen molar-refractivity contribution in [3.63, 3.8) is 0 Å². The van der Waals surface area contributed by atoms with E-state index in [1.54, 1.807) is 6.20 Å². The third-order valence-corrected chi connectivity index (χ3v) is 5.76. The second-order valence-corrected chi connectivity index (χ2v) is 8.51. The Morgan fingerprint density at radius 2 is 2.17 bits per heavy atom. The lowest BCUT2D eigenvalue weighted by Gasteiger charge is -2.38. The van der Waals surface area contributed by atoms with Crippen molar-refractivity contribution in [3.8, 4) is 0 Å². The molecule has 24 heavy (non-hydrogen) atoms. The van der Waals surface area contributed by atoms with Crippen molar-refractivity contribution in [1.29, 1.82) is 0 Å². The van der Waals surface area contributed by atoms with Crippen molar-refractivity contribution < 1.29 is 18.3 Å². The highest BCUT2D eigenvalue weighted by Crippen LogP contribution is 2.31. The van der Waals surface area contributed by atoms with E-state index < -0.39 is 10.0 Å². The second-order valence-electron chi connectivity index (χ2n) is 6.42. The minimum absolute atomic E-state index is 0.0978. The van der Waals surface area contributed by atoms with Crippen LogP contribution in [-0.2, 0) is 21.2 Å². The molecule has 7 nitrogen and oxygen atoms in total. The van der Waals surface area contributed by atoms with Gasteiger partial charge in [0, 0.05) is 44.4 Å². The summed E-state index contributed by atoms with van der Waals surface area (Å²) in [4.78, 5) is 16.5. The van der Waals surface area contributed by atoms with Crippen LogP contribution in [0.25, 0.3) is 0 Å². The van der Waals surface area contributed by atoms with Crippen LogP contribution in [0.4, 0.5) is 0 Å². The molecule has 0 aliphatic heterocycles. The smallest absolute Gasteiger partial charge is 0.221 e. The fourth-order valence-electron chi connectivity index (χ4n) is 2.74. The highest BCUT2D eigenvalue weighted by molar-refractivity contribution is 7.88. The summed E-state index contributed by atoms with van der Waals surface area (Å²) >= 11 is 0. The van der Waals surface area contributed by atoms with Crippen molar-refractivity contribution in [1.82, 2.24) is 14.6 Å². The lowest BCUT2D eigenvalue weighted by atomic mass is 9.76. The van der Waals surface area contributed by atoms with Crippen molar-refractivity contribution in [3.05, 3.63) is 30.1 Å². The van der Waals surface area contributed by atoms with Crippen molar-refractivity contribution in [2.24, 2.45) is 5.92 Å². The van der Waals surface area contributed by atoms with E-state index in [-0.39, 0.29) is 36.9 Å². The van der Waals surface area contributed by atoms with Crippen LogP contribution in [-0.4, -0.2) is 60.7 Å². The molecule has 1 aliphatic carbocycles. The zero-order chi connectivity index (χ0) is 17.7. The maximum atomic E-state index is 12.2. The normalized spacial score (nSPS) is 22.0. The zero-order valence-electron chi connectivity index (χ0n) is 14.1. The zero-order valence-corrected chi connectivity index (χ0v) is 14.9. The number of amides is 1. The number of hydrogen-bond acceptors (Lipinski definition) is 5. The van der Waals surface area contributed by atoms with E-state index in [0.29, 0.717) is 19.3 Å². The van der Waals surface area contributed by atoms with E-state index in [9.17, 15) is 18.3 Å². The first-order chi connectivity index (χ1) is 11.3. The second kappa shape index (κ2) is 8.04. The molecule has 1 fully saturated rings. The van der Waals surface area contributed by atoms with Crippen LogP contribution < -0.4 is 5.32 Å². The number of sulfonamides is 1. The summed E-state index contributed by atoms with van der Waals surface area (Å²) in [7, 11) is -1.83. The molecule has 1 aromatic heterocycles. The maximum Gasteiger partial charge on any atom is 0.221 e. The number of hydrogen-bond donors (Lipinski definition) is 2. The van der Waals surface area contributed by atoms with Crippen molar-refractivity contribution in [2.45, 2.75) is 37.8 Å². The Hall–Kier alpha value is -1.51. The molecule has 1 atom stereocenters. The van der Waals surface area contributed by atoms with Crippen LogP contribution in [0.15, 0.2) is 24.4 Å². The van der Waals surface area contributed by atoms with Crippen LogP contribution in [0.1, 0.15) is 25.0 Å². The fourth-order valence-corrected chi connectivity index (χ4v) is 3.16. The van der Waals surface area contributed by atoms with Gasteiger partial charge in [0.25, 0.3) is 0 Å². The molecule has 1 saturated carbocycles. The average molecular weight is 355 g/mol. The van der Waals surface area contributed by atoms with Gasteiger partial charge in [-0.2, -0.15) is 0 Å².